The first-order valence-corrected chi connectivity index (χ1v) is 11.2. The second-order valence-corrected chi connectivity index (χ2v) is 9.36. The second-order valence-electron chi connectivity index (χ2n) is 9.36. The Morgan fingerprint density at radius 3 is 2.73 bits per heavy atom. The summed E-state index contributed by atoms with van der Waals surface area (Å²) in [6.45, 7) is 7.50. The lowest BCUT2D eigenvalue weighted by atomic mass is 9.91. The van der Waals surface area contributed by atoms with Crippen molar-refractivity contribution in [3.05, 3.63) is 23.9 Å². The highest BCUT2D eigenvalue weighted by atomic mass is 16.6. The van der Waals surface area contributed by atoms with E-state index >= 15 is 0 Å². The van der Waals surface area contributed by atoms with Crippen molar-refractivity contribution in [2.75, 3.05) is 65.6 Å². The SMILES string of the molecule is CN(C)C1CCN(CCCN2CC3(CCN(Cc4cccnc4N)CC3)OC2=O)C1. The van der Waals surface area contributed by atoms with Gasteiger partial charge in [0.25, 0.3) is 0 Å². The van der Waals surface area contributed by atoms with Crippen molar-refractivity contribution in [1.82, 2.24) is 24.6 Å². The first kappa shape index (κ1) is 21.3. The van der Waals surface area contributed by atoms with Gasteiger partial charge in [0, 0.05) is 63.4 Å². The molecule has 8 heteroatoms. The number of pyridine rings is 1. The van der Waals surface area contributed by atoms with Gasteiger partial charge in [-0.25, -0.2) is 9.78 Å². The topological polar surface area (TPSA) is 78.2 Å². The molecule has 4 rings (SSSR count). The van der Waals surface area contributed by atoms with Crippen LogP contribution in [-0.2, 0) is 11.3 Å². The molecule has 3 aliphatic heterocycles. The molecule has 1 spiro atoms. The Labute approximate surface area is 179 Å². The van der Waals surface area contributed by atoms with Gasteiger partial charge in [0.1, 0.15) is 11.4 Å². The highest BCUT2D eigenvalue weighted by molar-refractivity contribution is 5.70. The number of nitrogens with two attached hydrogens (primary N) is 1. The van der Waals surface area contributed by atoms with Crippen LogP contribution in [0.4, 0.5) is 10.6 Å². The third kappa shape index (κ3) is 4.87. The van der Waals surface area contributed by atoms with Crippen molar-refractivity contribution in [2.24, 2.45) is 0 Å². The van der Waals surface area contributed by atoms with Crippen LogP contribution in [0.3, 0.4) is 0 Å². The van der Waals surface area contributed by atoms with Crippen LogP contribution in [0.5, 0.6) is 0 Å². The van der Waals surface area contributed by atoms with Crippen molar-refractivity contribution >= 4 is 11.9 Å². The zero-order valence-electron chi connectivity index (χ0n) is 18.4. The Hall–Kier alpha value is -1.90. The molecular formula is C22H36N6O2. The van der Waals surface area contributed by atoms with Crippen LogP contribution < -0.4 is 5.73 Å². The molecule has 3 aliphatic rings. The Morgan fingerprint density at radius 1 is 1.23 bits per heavy atom. The van der Waals surface area contributed by atoms with Crippen LogP contribution in [0, 0.1) is 0 Å². The van der Waals surface area contributed by atoms with Gasteiger partial charge in [-0.3, -0.25) is 4.90 Å². The first-order chi connectivity index (χ1) is 14.4. The van der Waals surface area contributed by atoms with E-state index < -0.39 is 0 Å². The molecule has 166 valence electrons. The average molecular weight is 417 g/mol. The number of anilines is 1. The second kappa shape index (κ2) is 9.08. The summed E-state index contributed by atoms with van der Waals surface area (Å²) < 4.78 is 5.90. The van der Waals surface area contributed by atoms with Crippen LogP contribution in [0.2, 0.25) is 0 Å². The molecule has 0 radical (unpaired) electrons. The number of piperidine rings is 1. The summed E-state index contributed by atoms with van der Waals surface area (Å²) in [7, 11) is 4.32. The Balaban J connectivity index is 1.21. The third-order valence-electron chi connectivity index (χ3n) is 7.01. The zero-order valence-corrected chi connectivity index (χ0v) is 18.4. The van der Waals surface area contributed by atoms with Crippen LogP contribution in [-0.4, -0.2) is 102 Å². The number of amides is 1. The molecule has 4 heterocycles. The van der Waals surface area contributed by atoms with Gasteiger partial charge in [-0.15, -0.1) is 0 Å². The smallest absolute Gasteiger partial charge is 0.410 e. The number of carbonyl (C=O) groups excluding carboxylic acids is 1. The van der Waals surface area contributed by atoms with Gasteiger partial charge >= 0.3 is 6.09 Å². The summed E-state index contributed by atoms with van der Waals surface area (Å²) in [4.78, 5) is 25.8. The molecule has 3 saturated heterocycles. The molecule has 2 N–H and O–H groups in total. The lowest BCUT2D eigenvalue weighted by Gasteiger charge is -2.37. The van der Waals surface area contributed by atoms with Crippen molar-refractivity contribution in [3.63, 3.8) is 0 Å². The van der Waals surface area contributed by atoms with E-state index in [1.54, 1.807) is 6.20 Å². The summed E-state index contributed by atoms with van der Waals surface area (Å²) >= 11 is 0. The highest BCUT2D eigenvalue weighted by Crippen LogP contribution is 2.34. The molecule has 1 unspecified atom stereocenters. The van der Waals surface area contributed by atoms with E-state index in [0.29, 0.717) is 11.9 Å². The number of nitrogens with zero attached hydrogens (tertiary/aromatic N) is 5. The molecule has 0 aromatic carbocycles. The standard InChI is InChI=1S/C22H36N6O2/c1-25(2)19-6-12-26(16-19)10-4-11-28-17-22(30-21(28)29)7-13-27(14-8-22)15-18-5-3-9-24-20(18)23/h3,5,9,19H,4,6-8,10-17H2,1-2H3,(H2,23,24). The van der Waals surface area contributed by atoms with E-state index in [1.165, 1.54) is 6.42 Å². The third-order valence-corrected chi connectivity index (χ3v) is 7.01. The quantitative estimate of drug-likeness (QED) is 0.721. The number of hydrogen-bond donors (Lipinski definition) is 1. The van der Waals surface area contributed by atoms with Crippen LogP contribution >= 0.6 is 0 Å². The van der Waals surface area contributed by atoms with E-state index in [9.17, 15) is 4.79 Å². The predicted octanol–water partition coefficient (Wildman–Crippen LogP) is 1.48. The van der Waals surface area contributed by atoms with Crippen molar-refractivity contribution < 1.29 is 9.53 Å². The molecule has 1 aromatic rings. The number of rotatable bonds is 7. The fourth-order valence-electron chi connectivity index (χ4n) is 4.99. The number of ether oxygens (including phenoxy) is 1. The minimum atomic E-state index is -0.308. The minimum Gasteiger partial charge on any atom is -0.441 e. The summed E-state index contributed by atoms with van der Waals surface area (Å²) in [5.41, 5.74) is 6.74. The molecule has 1 aromatic heterocycles. The van der Waals surface area contributed by atoms with E-state index in [4.69, 9.17) is 10.5 Å². The summed E-state index contributed by atoms with van der Waals surface area (Å²) in [6, 6.07) is 4.62. The fourth-order valence-corrected chi connectivity index (χ4v) is 4.99. The highest BCUT2D eigenvalue weighted by Gasteiger charge is 2.46. The van der Waals surface area contributed by atoms with Crippen molar-refractivity contribution in [2.45, 2.75) is 43.9 Å². The van der Waals surface area contributed by atoms with E-state index in [2.05, 4.69) is 33.8 Å². The Bertz CT molecular complexity index is 734. The maximum atomic E-state index is 12.5. The predicted molar refractivity (Wildman–Crippen MR) is 117 cm³/mol. The van der Waals surface area contributed by atoms with Gasteiger partial charge in [-0.2, -0.15) is 0 Å². The minimum absolute atomic E-state index is 0.132. The lowest BCUT2D eigenvalue weighted by molar-refractivity contribution is -0.00120. The van der Waals surface area contributed by atoms with Crippen LogP contribution in [0.15, 0.2) is 18.3 Å². The largest absolute Gasteiger partial charge is 0.441 e. The Morgan fingerprint density at radius 2 is 2.03 bits per heavy atom. The normalized spacial score (nSPS) is 24.8. The lowest BCUT2D eigenvalue weighted by Crippen LogP contribution is -2.46. The van der Waals surface area contributed by atoms with E-state index in [0.717, 1.165) is 77.2 Å². The van der Waals surface area contributed by atoms with Crippen LogP contribution in [0.25, 0.3) is 0 Å². The van der Waals surface area contributed by atoms with Gasteiger partial charge in [0.15, 0.2) is 0 Å². The number of likely N-dealkylation sites (N-methyl/N-ethyl adjacent to an activating group) is 1. The number of aromatic nitrogens is 1. The van der Waals surface area contributed by atoms with E-state index in [-0.39, 0.29) is 11.7 Å². The zero-order chi connectivity index (χ0) is 21.1. The number of hydrogen-bond acceptors (Lipinski definition) is 7. The van der Waals surface area contributed by atoms with Gasteiger partial charge in [0.2, 0.25) is 0 Å². The van der Waals surface area contributed by atoms with Gasteiger partial charge in [-0.1, -0.05) is 6.07 Å². The first-order valence-electron chi connectivity index (χ1n) is 11.2. The van der Waals surface area contributed by atoms with Gasteiger partial charge in [0.05, 0.1) is 6.54 Å². The molecule has 1 atom stereocenters. The molecule has 0 bridgehead atoms. The monoisotopic (exact) mass is 416 g/mol. The summed E-state index contributed by atoms with van der Waals surface area (Å²) in [6.07, 6.45) is 5.60. The Kier molecular flexibility index (Phi) is 6.46. The van der Waals surface area contributed by atoms with Crippen molar-refractivity contribution in [1.29, 1.82) is 0 Å². The molecule has 1 amide bonds. The van der Waals surface area contributed by atoms with E-state index in [1.807, 2.05) is 17.0 Å². The maximum Gasteiger partial charge on any atom is 0.410 e. The van der Waals surface area contributed by atoms with Crippen molar-refractivity contribution in [3.8, 4) is 0 Å². The number of nitrogen functional groups attached to an aromatic ring is 1. The molecule has 30 heavy (non-hydrogen) atoms. The molecule has 8 nitrogen and oxygen atoms in total. The molecule has 0 saturated carbocycles. The number of carbonyl (C=O) groups is 1. The van der Waals surface area contributed by atoms with Gasteiger partial charge in [-0.05, 0) is 46.1 Å². The maximum absolute atomic E-state index is 12.5. The fraction of sp³-hybridized carbons (Fsp3) is 0.727. The molecular weight excluding hydrogens is 380 g/mol. The van der Waals surface area contributed by atoms with Gasteiger partial charge < -0.3 is 25.2 Å². The number of likely N-dealkylation sites (tertiary alicyclic amines) is 2. The average Bonchev–Trinajstić information content (AvgIpc) is 3.31. The molecule has 3 fully saturated rings. The summed E-state index contributed by atoms with van der Waals surface area (Å²) in [5.74, 6) is 0.603. The molecule has 0 aliphatic carbocycles. The summed E-state index contributed by atoms with van der Waals surface area (Å²) in [5, 5.41) is 0. The van der Waals surface area contributed by atoms with Crippen LogP contribution in [0.1, 0.15) is 31.2 Å².